The first kappa shape index (κ1) is 21.4. The summed E-state index contributed by atoms with van der Waals surface area (Å²) in [7, 11) is 0. The quantitative estimate of drug-likeness (QED) is 0.445. The molecule has 4 heteroatoms. The van der Waals surface area contributed by atoms with Gasteiger partial charge in [-0.2, -0.15) is 0 Å². The van der Waals surface area contributed by atoms with Crippen LogP contribution in [0.5, 0.6) is 0 Å². The highest BCUT2D eigenvalue weighted by Crippen LogP contribution is 2.46. The van der Waals surface area contributed by atoms with Crippen LogP contribution < -0.4 is 0 Å². The summed E-state index contributed by atoms with van der Waals surface area (Å²) in [4.78, 5) is 0. The lowest BCUT2D eigenvalue weighted by Crippen LogP contribution is -2.50. The van der Waals surface area contributed by atoms with Crippen LogP contribution >= 0.6 is 0 Å². The van der Waals surface area contributed by atoms with Gasteiger partial charge in [-0.15, -0.1) is 0 Å². The highest BCUT2D eigenvalue weighted by Gasteiger charge is 2.56. The molecule has 1 aliphatic carbocycles. The molecule has 2 aliphatic rings. The van der Waals surface area contributed by atoms with E-state index in [1.807, 2.05) is 54.6 Å². The Kier molecular flexibility index (Phi) is 6.95. The van der Waals surface area contributed by atoms with Crippen molar-refractivity contribution < 1.29 is 18.9 Å². The summed E-state index contributed by atoms with van der Waals surface area (Å²) in [5.74, 6) is 0.393. The van der Waals surface area contributed by atoms with Gasteiger partial charge in [0, 0.05) is 5.92 Å². The third-order valence-electron chi connectivity index (χ3n) is 6.20. The molecule has 0 spiro atoms. The van der Waals surface area contributed by atoms with Crippen molar-refractivity contribution in [2.45, 2.75) is 50.7 Å². The van der Waals surface area contributed by atoms with E-state index in [1.54, 1.807) is 0 Å². The average Bonchev–Trinajstić information content (AvgIpc) is 3.63. The molecule has 0 amide bonds. The number of ether oxygens (including phenoxy) is 4. The Balaban J connectivity index is 1.26. The van der Waals surface area contributed by atoms with Crippen molar-refractivity contribution in [1.29, 1.82) is 0 Å². The Bertz CT molecular complexity index is 947. The first-order valence-corrected chi connectivity index (χ1v) is 11.4. The van der Waals surface area contributed by atoms with E-state index in [0.29, 0.717) is 32.3 Å². The standard InChI is InChI=1S/C28H30O4/c1-4-10-21(11-5-1)17-29-20-26-28(31-19-23-14-8-3-9-15-23)27(24-16-25(24)32-26)30-18-22-12-6-2-7-13-22/h1-15,24-28H,16-20H2/t24-,25+,26-,27-,28+/m1/s1. The summed E-state index contributed by atoms with van der Waals surface area (Å²) < 4.78 is 25.3. The molecule has 0 unspecified atom stereocenters. The maximum Gasteiger partial charge on any atom is 0.113 e. The van der Waals surface area contributed by atoms with E-state index in [-0.39, 0.29) is 24.4 Å². The fraction of sp³-hybridized carbons (Fsp3) is 0.357. The lowest BCUT2D eigenvalue weighted by molar-refractivity contribution is -0.201. The van der Waals surface area contributed by atoms with Crippen LogP contribution in [0, 0.1) is 5.92 Å². The molecule has 32 heavy (non-hydrogen) atoms. The molecule has 1 saturated carbocycles. The largest absolute Gasteiger partial charge is 0.374 e. The zero-order chi connectivity index (χ0) is 21.6. The van der Waals surface area contributed by atoms with Crippen molar-refractivity contribution in [2.75, 3.05) is 6.61 Å². The number of hydrogen-bond acceptors (Lipinski definition) is 4. The normalized spacial score (nSPS) is 26.4. The van der Waals surface area contributed by atoms with Gasteiger partial charge in [0.25, 0.3) is 0 Å². The van der Waals surface area contributed by atoms with Crippen molar-refractivity contribution in [3.05, 3.63) is 108 Å². The Morgan fingerprint density at radius 3 is 1.69 bits per heavy atom. The fourth-order valence-electron chi connectivity index (χ4n) is 4.40. The van der Waals surface area contributed by atoms with Gasteiger partial charge in [0.15, 0.2) is 0 Å². The molecular weight excluding hydrogens is 400 g/mol. The molecule has 3 aromatic rings. The van der Waals surface area contributed by atoms with E-state index in [0.717, 1.165) is 17.5 Å². The highest BCUT2D eigenvalue weighted by molar-refractivity contribution is 5.16. The SMILES string of the molecule is c1ccc(COC[C@H]2O[C@H]3C[C@H]3[C@@H](OCc3ccccc3)[C@H]2OCc2ccccc2)cc1. The molecule has 5 atom stereocenters. The second kappa shape index (κ2) is 10.4. The van der Waals surface area contributed by atoms with E-state index in [4.69, 9.17) is 18.9 Å². The van der Waals surface area contributed by atoms with Crippen LogP contribution in [0.2, 0.25) is 0 Å². The number of hydrogen-bond donors (Lipinski definition) is 0. The molecule has 166 valence electrons. The van der Waals surface area contributed by atoms with Crippen LogP contribution in [0.3, 0.4) is 0 Å². The predicted octanol–water partition coefficient (Wildman–Crippen LogP) is 5.16. The van der Waals surface area contributed by atoms with Gasteiger partial charge in [-0.1, -0.05) is 91.0 Å². The summed E-state index contributed by atoms with van der Waals surface area (Å²) in [6, 6.07) is 30.8. The molecule has 0 radical (unpaired) electrons. The van der Waals surface area contributed by atoms with Crippen LogP contribution in [-0.2, 0) is 38.8 Å². The van der Waals surface area contributed by atoms with Crippen molar-refractivity contribution in [2.24, 2.45) is 5.92 Å². The van der Waals surface area contributed by atoms with Gasteiger partial charge < -0.3 is 18.9 Å². The number of benzene rings is 3. The molecule has 1 saturated heterocycles. The maximum absolute atomic E-state index is 6.46. The predicted molar refractivity (Wildman–Crippen MR) is 123 cm³/mol. The molecule has 4 nitrogen and oxygen atoms in total. The summed E-state index contributed by atoms with van der Waals surface area (Å²) in [5.41, 5.74) is 3.48. The van der Waals surface area contributed by atoms with E-state index in [1.165, 1.54) is 5.56 Å². The number of fused-ring (bicyclic) bond motifs is 1. The van der Waals surface area contributed by atoms with E-state index >= 15 is 0 Å². The first-order valence-electron chi connectivity index (χ1n) is 11.4. The summed E-state index contributed by atoms with van der Waals surface area (Å²) >= 11 is 0. The van der Waals surface area contributed by atoms with Gasteiger partial charge in [-0.05, 0) is 23.1 Å². The molecule has 3 aromatic carbocycles. The van der Waals surface area contributed by atoms with Gasteiger partial charge in [0.1, 0.15) is 12.2 Å². The third kappa shape index (κ3) is 5.45. The first-order chi connectivity index (χ1) is 15.9. The van der Waals surface area contributed by atoms with E-state index in [9.17, 15) is 0 Å². The van der Waals surface area contributed by atoms with Crippen LogP contribution in [0.15, 0.2) is 91.0 Å². The topological polar surface area (TPSA) is 36.9 Å². The smallest absolute Gasteiger partial charge is 0.113 e. The minimum Gasteiger partial charge on any atom is -0.374 e. The molecular formula is C28H30O4. The minimum absolute atomic E-state index is 0.00277. The van der Waals surface area contributed by atoms with Gasteiger partial charge in [0.2, 0.25) is 0 Å². The molecule has 0 bridgehead atoms. The zero-order valence-electron chi connectivity index (χ0n) is 18.2. The van der Waals surface area contributed by atoms with Crippen molar-refractivity contribution >= 4 is 0 Å². The van der Waals surface area contributed by atoms with Crippen LogP contribution in [0.25, 0.3) is 0 Å². The Morgan fingerprint density at radius 2 is 1.12 bits per heavy atom. The lowest BCUT2D eigenvalue weighted by atomic mass is 10.0. The number of rotatable bonds is 10. The van der Waals surface area contributed by atoms with Gasteiger partial charge in [-0.25, -0.2) is 0 Å². The second-order valence-corrected chi connectivity index (χ2v) is 8.64. The van der Waals surface area contributed by atoms with Crippen LogP contribution in [0.4, 0.5) is 0 Å². The van der Waals surface area contributed by atoms with E-state index < -0.39 is 0 Å². The van der Waals surface area contributed by atoms with Gasteiger partial charge in [0.05, 0.1) is 38.6 Å². The second-order valence-electron chi connectivity index (χ2n) is 8.64. The monoisotopic (exact) mass is 430 g/mol. The fourth-order valence-corrected chi connectivity index (χ4v) is 4.40. The molecule has 5 rings (SSSR count). The minimum atomic E-state index is -0.168. The molecule has 0 N–H and O–H groups in total. The van der Waals surface area contributed by atoms with Crippen LogP contribution in [-0.4, -0.2) is 31.0 Å². The highest BCUT2D eigenvalue weighted by atomic mass is 16.6. The third-order valence-corrected chi connectivity index (χ3v) is 6.20. The van der Waals surface area contributed by atoms with Crippen LogP contribution in [0.1, 0.15) is 23.1 Å². The van der Waals surface area contributed by atoms with Crippen molar-refractivity contribution in [3.8, 4) is 0 Å². The Morgan fingerprint density at radius 1 is 0.625 bits per heavy atom. The summed E-state index contributed by atoms with van der Waals surface area (Å²) in [6.45, 7) is 2.17. The Hall–Kier alpha value is -2.50. The summed E-state index contributed by atoms with van der Waals surface area (Å²) in [6.07, 6.45) is 0.964. The van der Waals surface area contributed by atoms with Gasteiger partial charge >= 0.3 is 0 Å². The molecule has 1 aliphatic heterocycles. The van der Waals surface area contributed by atoms with Gasteiger partial charge in [-0.3, -0.25) is 0 Å². The summed E-state index contributed by atoms with van der Waals surface area (Å²) in [5, 5.41) is 0. The zero-order valence-corrected chi connectivity index (χ0v) is 18.2. The lowest BCUT2D eigenvalue weighted by Gasteiger charge is -2.37. The average molecular weight is 431 g/mol. The maximum atomic E-state index is 6.46. The molecule has 2 fully saturated rings. The van der Waals surface area contributed by atoms with E-state index in [2.05, 4.69) is 36.4 Å². The Labute approximate surface area is 190 Å². The molecule has 0 aromatic heterocycles. The van der Waals surface area contributed by atoms with Crippen molar-refractivity contribution in [3.63, 3.8) is 0 Å². The molecule has 1 heterocycles. The van der Waals surface area contributed by atoms with Crippen molar-refractivity contribution in [1.82, 2.24) is 0 Å².